The van der Waals surface area contributed by atoms with Gasteiger partial charge in [-0.2, -0.15) is 0 Å². The molecule has 1 amide bonds. The third kappa shape index (κ3) is 4.09. The Hall–Kier alpha value is -3.85. The molecule has 0 bridgehead atoms. The largest absolute Gasteiger partial charge is 0.507 e. The minimum Gasteiger partial charge on any atom is -0.507 e. The van der Waals surface area contributed by atoms with Crippen molar-refractivity contribution in [2.45, 2.75) is 32.0 Å². The molecule has 2 N–H and O–H groups in total. The maximum Gasteiger partial charge on any atom is 0.295 e. The molecule has 0 saturated carbocycles. The summed E-state index contributed by atoms with van der Waals surface area (Å²) in [4.78, 5) is 32.1. The summed E-state index contributed by atoms with van der Waals surface area (Å²) >= 11 is 3.32. The summed E-state index contributed by atoms with van der Waals surface area (Å²) in [6.45, 7) is 2.07. The van der Waals surface area contributed by atoms with E-state index in [1.807, 2.05) is 6.92 Å². The third-order valence-corrected chi connectivity index (χ3v) is 7.00. The second-order valence-corrected chi connectivity index (χ2v) is 9.65. The number of phenolic OH excluding ortho intramolecular Hbond substituents is 1. The van der Waals surface area contributed by atoms with Crippen LogP contribution >= 0.6 is 15.9 Å². The number of carbonyl (C=O) groups is 2. The summed E-state index contributed by atoms with van der Waals surface area (Å²) in [5.41, 5.74) is 2.56. The summed E-state index contributed by atoms with van der Waals surface area (Å²) in [6, 6.07) is 11.0. The molecule has 36 heavy (non-hydrogen) atoms. The number of benzene rings is 2. The second-order valence-electron chi connectivity index (χ2n) is 8.79. The zero-order valence-corrected chi connectivity index (χ0v) is 21.2. The SMILES string of the molecule is COc1cc([C@@H]2/C(=C(\O)c3ccc4c(c3)C[C@H](C)O4)C(=O)C(=O)N2Cc2ccncc2)cc(Br)c1O. The van der Waals surface area contributed by atoms with Gasteiger partial charge in [-0.15, -0.1) is 0 Å². The van der Waals surface area contributed by atoms with E-state index >= 15 is 0 Å². The highest BCUT2D eigenvalue weighted by atomic mass is 79.9. The fourth-order valence-corrected chi connectivity index (χ4v) is 5.17. The van der Waals surface area contributed by atoms with Crippen LogP contribution in [0.5, 0.6) is 17.2 Å². The van der Waals surface area contributed by atoms with Crippen LogP contribution in [0.15, 0.2) is 64.9 Å². The van der Waals surface area contributed by atoms with Gasteiger partial charge in [0.2, 0.25) is 0 Å². The van der Waals surface area contributed by atoms with E-state index in [4.69, 9.17) is 9.47 Å². The number of likely N-dealkylation sites (tertiary alicyclic amines) is 1. The first-order valence-electron chi connectivity index (χ1n) is 11.3. The number of nitrogens with zero attached hydrogens (tertiary/aromatic N) is 2. The van der Waals surface area contributed by atoms with E-state index in [0.29, 0.717) is 22.0 Å². The lowest BCUT2D eigenvalue weighted by atomic mass is 9.94. The minimum absolute atomic E-state index is 0.0187. The number of carbonyl (C=O) groups excluding carboxylic acids is 2. The Morgan fingerprint density at radius 2 is 1.94 bits per heavy atom. The number of aliphatic hydroxyl groups excluding tert-OH is 1. The van der Waals surface area contributed by atoms with Gasteiger partial charge in [0.15, 0.2) is 11.5 Å². The standard InChI is InChI=1S/C27H23BrN2O6/c1-14-9-17-10-16(3-4-20(17)36-14)24(31)22-23(18-11-19(28)25(32)21(12-18)35-2)30(27(34)26(22)33)13-15-5-7-29-8-6-15/h3-8,10-12,14,23,31-32H,9,13H2,1-2H3/b24-22+/t14-,23+/m0/s1. The number of halogens is 1. The van der Waals surface area contributed by atoms with Crippen molar-refractivity contribution in [1.82, 2.24) is 9.88 Å². The molecule has 1 fully saturated rings. The summed E-state index contributed by atoms with van der Waals surface area (Å²) in [5.74, 6) is -1.01. The molecule has 0 unspecified atom stereocenters. The minimum atomic E-state index is -0.924. The van der Waals surface area contributed by atoms with E-state index in [2.05, 4.69) is 20.9 Å². The van der Waals surface area contributed by atoms with E-state index < -0.39 is 17.7 Å². The maximum atomic E-state index is 13.4. The van der Waals surface area contributed by atoms with Crippen molar-refractivity contribution in [2.75, 3.05) is 7.11 Å². The van der Waals surface area contributed by atoms with Crippen LogP contribution in [-0.4, -0.2) is 45.0 Å². The number of rotatable bonds is 5. The van der Waals surface area contributed by atoms with Crippen LogP contribution in [-0.2, 0) is 22.6 Å². The molecule has 3 heterocycles. The Morgan fingerprint density at radius 1 is 1.19 bits per heavy atom. The van der Waals surface area contributed by atoms with Crippen molar-refractivity contribution < 1.29 is 29.3 Å². The molecule has 2 aliphatic heterocycles. The van der Waals surface area contributed by atoms with Gasteiger partial charge in [0.25, 0.3) is 11.7 Å². The Morgan fingerprint density at radius 3 is 2.67 bits per heavy atom. The van der Waals surface area contributed by atoms with Gasteiger partial charge < -0.3 is 24.6 Å². The summed E-state index contributed by atoms with van der Waals surface area (Å²) in [7, 11) is 1.41. The predicted molar refractivity (Wildman–Crippen MR) is 135 cm³/mol. The fourth-order valence-electron chi connectivity index (χ4n) is 4.71. The number of aromatic nitrogens is 1. The van der Waals surface area contributed by atoms with E-state index in [1.54, 1.807) is 54.9 Å². The van der Waals surface area contributed by atoms with Crippen LogP contribution in [0.25, 0.3) is 5.76 Å². The molecular formula is C27H23BrN2O6. The molecule has 3 aromatic rings. The molecule has 2 atom stereocenters. The van der Waals surface area contributed by atoms with Crippen LogP contribution in [0.2, 0.25) is 0 Å². The first-order valence-corrected chi connectivity index (χ1v) is 12.1. The van der Waals surface area contributed by atoms with Crippen LogP contribution in [0.1, 0.15) is 35.2 Å². The van der Waals surface area contributed by atoms with Gasteiger partial charge in [-0.1, -0.05) is 0 Å². The number of aromatic hydroxyl groups is 1. The van der Waals surface area contributed by atoms with Crippen molar-refractivity contribution in [2.24, 2.45) is 0 Å². The van der Waals surface area contributed by atoms with Gasteiger partial charge in [0.05, 0.1) is 23.2 Å². The smallest absolute Gasteiger partial charge is 0.295 e. The Kier molecular flexibility index (Phi) is 6.17. The van der Waals surface area contributed by atoms with Crippen molar-refractivity contribution in [3.05, 3.63) is 87.2 Å². The number of fused-ring (bicyclic) bond motifs is 1. The normalized spacial score (nSPS) is 20.4. The molecule has 1 saturated heterocycles. The van der Waals surface area contributed by atoms with E-state index in [1.165, 1.54) is 12.0 Å². The molecule has 9 heteroatoms. The van der Waals surface area contributed by atoms with Crippen molar-refractivity contribution >= 4 is 33.4 Å². The lowest BCUT2D eigenvalue weighted by Gasteiger charge is -2.26. The zero-order valence-electron chi connectivity index (χ0n) is 19.6. The van der Waals surface area contributed by atoms with Gasteiger partial charge in [0.1, 0.15) is 17.6 Å². The predicted octanol–water partition coefficient (Wildman–Crippen LogP) is 4.50. The molecule has 0 radical (unpaired) electrons. The van der Waals surface area contributed by atoms with E-state index in [0.717, 1.165) is 16.9 Å². The van der Waals surface area contributed by atoms with Crippen molar-refractivity contribution in [1.29, 1.82) is 0 Å². The Bertz CT molecular complexity index is 1400. The molecule has 1 aromatic heterocycles. The molecule has 2 aromatic carbocycles. The first kappa shape index (κ1) is 23.9. The average molecular weight is 551 g/mol. The molecule has 0 aliphatic carbocycles. The van der Waals surface area contributed by atoms with E-state index in [9.17, 15) is 19.8 Å². The van der Waals surface area contributed by atoms with Crippen LogP contribution in [0.3, 0.4) is 0 Å². The quantitative estimate of drug-likeness (QED) is 0.273. The Labute approximate surface area is 215 Å². The monoisotopic (exact) mass is 550 g/mol. The number of aliphatic hydroxyl groups is 1. The maximum absolute atomic E-state index is 13.4. The van der Waals surface area contributed by atoms with E-state index in [-0.39, 0.29) is 35.5 Å². The molecule has 0 spiro atoms. The van der Waals surface area contributed by atoms with Crippen LogP contribution in [0, 0.1) is 0 Å². The van der Waals surface area contributed by atoms with Gasteiger partial charge in [0, 0.05) is 30.9 Å². The summed E-state index contributed by atoms with van der Waals surface area (Å²) in [6.07, 6.45) is 3.91. The lowest BCUT2D eigenvalue weighted by molar-refractivity contribution is -0.140. The van der Waals surface area contributed by atoms with Crippen LogP contribution in [0.4, 0.5) is 0 Å². The lowest BCUT2D eigenvalue weighted by Crippen LogP contribution is -2.29. The number of phenols is 1. The highest BCUT2D eigenvalue weighted by Crippen LogP contribution is 2.45. The number of hydrogen-bond donors (Lipinski definition) is 2. The summed E-state index contributed by atoms with van der Waals surface area (Å²) < 4.78 is 11.4. The number of amides is 1. The topological polar surface area (TPSA) is 109 Å². The Balaban J connectivity index is 1.68. The number of ketones is 1. The number of hydrogen-bond acceptors (Lipinski definition) is 7. The third-order valence-electron chi connectivity index (χ3n) is 6.40. The van der Waals surface area contributed by atoms with Crippen LogP contribution < -0.4 is 9.47 Å². The number of ether oxygens (including phenoxy) is 2. The summed E-state index contributed by atoms with van der Waals surface area (Å²) in [5, 5.41) is 21.7. The molecular weight excluding hydrogens is 528 g/mol. The van der Waals surface area contributed by atoms with Gasteiger partial charge >= 0.3 is 0 Å². The van der Waals surface area contributed by atoms with Gasteiger partial charge in [-0.25, -0.2) is 0 Å². The van der Waals surface area contributed by atoms with Gasteiger partial charge in [-0.05, 0) is 82.0 Å². The number of methoxy groups -OCH3 is 1. The highest BCUT2D eigenvalue weighted by molar-refractivity contribution is 9.10. The van der Waals surface area contributed by atoms with Gasteiger partial charge in [-0.3, -0.25) is 14.6 Å². The highest BCUT2D eigenvalue weighted by Gasteiger charge is 2.46. The zero-order chi connectivity index (χ0) is 25.6. The van der Waals surface area contributed by atoms with Crippen molar-refractivity contribution in [3.8, 4) is 17.2 Å². The molecule has 5 rings (SSSR count). The average Bonchev–Trinajstić information content (AvgIpc) is 3.37. The molecule has 184 valence electrons. The molecule has 8 nitrogen and oxygen atoms in total. The van der Waals surface area contributed by atoms with Crippen molar-refractivity contribution in [3.63, 3.8) is 0 Å². The first-order chi connectivity index (χ1) is 17.3. The molecule has 2 aliphatic rings. The second kappa shape index (κ2) is 9.31. The number of pyridine rings is 1. The number of Topliss-reactive ketones (excluding diaryl/α,β-unsaturated/α-hetero) is 1. The fraction of sp³-hybridized carbons (Fsp3) is 0.222.